The predicted octanol–water partition coefficient (Wildman–Crippen LogP) is 5.06. The van der Waals surface area contributed by atoms with Gasteiger partial charge in [-0.2, -0.15) is 0 Å². The largest absolute Gasteiger partial charge is 0.326 e. The summed E-state index contributed by atoms with van der Waals surface area (Å²) in [6.45, 7) is 1.33. The Morgan fingerprint density at radius 1 is 1.11 bits per heavy atom. The Bertz CT molecular complexity index is 1040. The van der Waals surface area contributed by atoms with Gasteiger partial charge in [-0.1, -0.05) is 0 Å². The lowest BCUT2D eigenvalue weighted by Crippen LogP contribution is -2.12. The first-order chi connectivity index (χ1) is 12.8. The molecule has 2 aromatic carbocycles. The number of anilines is 2. The smallest absolute Gasteiger partial charge is 0.258 e. The molecule has 3 aromatic rings. The van der Waals surface area contributed by atoms with Crippen LogP contribution >= 0.6 is 27.3 Å². The Kier molecular flexibility index (Phi) is 5.62. The van der Waals surface area contributed by atoms with Crippen molar-refractivity contribution in [3.63, 3.8) is 0 Å². The van der Waals surface area contributed by atoms with Crippen LogP contribution in [0.5, 0.6) is 0 Å². The van der Waals surface area contributed by atoms with Crippen molar-refractivity contribution in [2.45, 2.75) is 6.92 Å². The number of halogens is 3. The monoisotopic (exact) mass is 451 g/mol. The second kappa shape index (κ2) is 7.93. The van der Waals surface area contributed by atoms with Gasteiger partial charge in [-0.25, -0.2) is 13.8 Å². The van der Waals surface area contributed by atoms with Gasteiger partial charge in [0.05, 0.1) is 11.3 Å². The first-order valence-electron chi connectivity index (χ1n) is 7.63. The molecule has 0 spiro atoms. The molecule has 0 radical (unpaired) electrons. The highest BCUT2D eigenvalue weighted by Crippen LogP contribution is 2.29. The second-order valence-corrected chi connectivity index (χ2v) is 7.20. The molecule has 27 heavy (non-hydrogen) atoms. The Labute approximate surface area is 165 Å². The number of nitrogens with one attached hydrogen (secondary N) is 2. The Balaban J connectivity index is 1.78. The molecule has 0 aliphatic carbocycles. The lowest BCUT2D eigenvalue weighted by Gasteiger charge is -2.05. The number of hydrogen-bond acceptors (Lipinski definition) is 4. The number of amides is 2. The van der Waals surface area contributed by atoms with Crippen LogP contribution in [-0.4, -0.2) is 16.8 Å². The van der Waals surface area contributed by atoms with Crippen LogP contribution in [0.1, 0.15) is 17.3 Å². The van der Waals surface area contributed by atoms with Gasteiger partial charge in [-0.3, -0.25) is 14.9 Å². The molecule has 2 N–H and O–H groups in total. The van der Waals surface area contributed by atoms with Crippen LogP contribution in [0.4, 0.5) is 19.6 Å². The number of rotatable bonds is 4. The molecule has 0 unspecified atom stereocenters. The van der Waals surface area contributed by atoms with Crippen molar-refractivity contribution < 1.29 is 18.4 Å². The molecule has 0 saturated heterocycles. The summed E-state index contributed by atoms with van der Waals surface area (Å²) in [6, 6.07) is 7.98. The fourth-order valence-corrected chi connectivity index (χ4v) is 3.53. The minimum atomic E-state index is -0.550. The van der Waals surface area contributed by atoms with E-state index in [4.69, 9.17) is 0 Å². The van der Waals surface area contributed by atoms with Crippen LogP contribution in [0.25, 0.3) is 11.3 Å². The van der Waals surface area contributed by atoms with Crippen LogP contribution < -0.4 is 10.6 Å². The van der Waals surface area contributed by atoms with Gasteiger partial charge in [0.15, 0.2) is 5.13 Å². The van der Waals surface area contributed by atoms with Crippen molar-refractivity contribution in [1.82, 2.24) is 4.98 Å². The van der Waals surface area contributed by atoms with Crippen LogP contribution in [-0.2, 0) is 4.79 Å². The maximum absolute atomic E-state index is 14.3. The van der Waals surface area contributed by atoms with Crippen molar-refractivity contribution in [2.75, 3.05) is 10.6 Å². The number of benzene rings is 2. The third-order valence-electron chi connectivity index (χ3n) is 3.47. The van der Waals surface area contributed by atoms with E-state index in [1.165, 1.54) is 37.3 Å². The lowest BCUT2D eigenvalue weighted by atomic mass is 10.1. The summed E-state index contributed by atoms with van der Waals surface area (Å²) in [6.07, 6.45) is 0. The van der Waals surface area contributed by atoms with Crippen molar-refractivity contribution in [3.05, 3.63) is 63.4 Å². The van der Waals surface area contributed by atoms with Crippen LogP contribution in [0, 0.1) is 11.6 Å². The zero-order valence-electron chi connectivity index (χ0n) is 13.8. The first-order valence-corrected chi connectivity index (χ1v) is 9.30. The van der Waals surface area contributed by atoms with Gasteiger partial charge in [0.2, 0.25) is 5.91 Å². The summed E-state index contributed by atoms with van der Waals surface area (Å²) in [4.78, 5) is 27.5. The van der Waals surface area contributed by atoms with E-state index < -0.39 is 17.5 Å². The molecular weight excluding hydrogens is 440 g/mol. The molecule has 1 heterocycles. The quantitative estimate of drug-likeness (QED) is 0.582. The minimum Gasteiger partial charge on any atom is -0.326 e. The zero-order chi connectivity index (χ0) is 19.6. The van der Waals surface area contributed by atoms with E-state index in [-0.39, 0.29) is 22.2 Å². The number of carbonyl (C=O) groups is 2. The third-order valence-corrected chi connectivity index (χ3v) is 4.88. The number of aromatic nitrogens is 1. The van der Waals surface area contributed by atoms with E-state index in [9.17, 15) is 18.4 Å². The summed E-state index contributed by atoms with van der Waals surface area (Å²) >= 11 is 4.27. The second-order valence-electron chi connectivity index (χ2n) is 5.49. The van der Waals surface area contributed by atoms with Gasteiger partial charge in [0.1, 0.15) is 11.6 Å². The highest BCUT2D eigenvalue weighted by molar-refractivity contribution is 9.10. The zero-order valence-corrected chi connectivity index (χ0v) is 16.2. The highest BCUT2D eigenvalue weighted by Gasteiger charge is 2.15. The van der Waals surface area contributed by atoms with E-state index in [0.717, 1.165) is 11.3 Å². The molecule has 2 amide bonds. The van der Waals surface area contributed by atoms with E-state index in [1.807, 2.05) is 0 Å². The number of carbonyl (C=O) groups excluding carboxylic acids is 2. The van der Waals surface area contributed by atoms with Crippen LogP contribution in [0.2, 0.25) is 0 Å². The molecule has 5 nitrogen and oxygen atoms in total. The number of thiazole rings is 1. The molecule has 0 aliphatic heterocycles. The molecular formula is C18H12BrF2N3O2S. The van der Waals surface area contributed by atoms with Gasteiger partial charge >= 0.3 is 0 Å². The number of hydrogen-bond donors (Lipinski definition) is 2. The fourth-order valence-electron chi connectivity index (χ4n) is 2.30. The minimum absolute atomic E-state index is 0.240. The van der Waals surface area contributed by atoms with E-state index >= 15 is 0 Å². The van der Waals surface area contributed by atoms with Gasteiger partial charge in [0.25, 0.3) is 5.91 Å². The van der Waals surface area contributed by atoms with Crippen molar-refractivity contribution >= 4 is 49.9 Å². The number of nitrogens with zero attached hydrogens (tertiary/aromatic N) is 1. The van der Waals surface area contributed by atoms with Crippen LogP contribution in [0.15, 0.2) is 46.3 Å². The van der Waals surface area contributed by atoms with E-state index in [2.05, 4.69) is 31.5 Å². The Hall–Kier alpha value is -2.65. The van der Waals surface area contributed by atoms with Gasteiger partial charge in [-0.15, -0.1) is 11.3 Å². The average Bonchev–Trinajstić information content (AvgIpc) is 3.02. The van der Waals surface area contributed by atoms with Gasteiger partial charge in [-0.05, 0) is 52.3 Å². The molecule has 1 aromatic heterocycles. The van der Waals surface area contributed by atoms with Crippen molar-refractivity contribution in [1.29, 1.82) is 0 Å². The normalized spacial score (nSPS) is 10.5. The molecule has 0 saturated carbocycles. The summed E-state index contributed by atoms with van der Waals surface area (Å²) in [5.41, 5.74) is 1.18. The molecule has 0 bridgehead atoms. The Morgan fingerprint density at radius 3 is 2.56 bits per heavy atom. The molecule has 3 rings (SSSR count). The highest BCUT2D eigenvalue weighted by atomic mass is 79.9. The maximum Gasteiger partial charge on any atom is 0.258 e. The molecule has 0 atom stereocenters. The standard InChI is InChI=1S/C18H12BrF2N3O2S/c1-9(25)22-11-3-5-13(15(21)7-11)16-8-27-18(23-16)24-17(26)12-4-2-10(20)6-14(12)19/h2-8H,1H3,(H,22,25)(H,23,24,26). The SMILES string of the molecule is CC(=O)Nc1ccc(-c2csc(NC(=O)c3ccc(F)cc3Br)n2)c(F)c1. The summed E-state index contributed by atoms with van der Waals surface area (Å²) in [7, 11) is 0. The predicted molar refractivity (Wildman–Crippen MR) is 104 cm³/mol. The maximum atomic E-state index is 14.3. The molecule has 0 aliphatic rings. The molecule has 0 fully saturated rings. The fraction of sp³-hybridized carbons (Fsp3) is 0.0556. The average molecular weight is 452 g/mol. The third kappa shape index (κ3) is 4.55. The van der Waals surface area contributed by atoms with Gasteiger partial charge in [0, 0.05) is 28.0 Å². The van der Waals surface area contributed by atoms with Crippen molar-refractivity contribution in [2.24, 2.45) is 0 Å². The topological polar surface area (TPSA) is 71.1 Å². The van der Waals surface area contributed by atoms with Crippen LogP contribution in [0.3, 0.4) is 0 Å². The van der Waals surface area contributed by atoms with E-state index in [1.54, 1.807) is 11.4 Å². The summed E-state index contributed by atoms with van der Waals surface area (Å²) < 4.78 is 27.7. The summed E-state index contributed by atoms with van der Waals surface area (Å²) in [5, 5.41) is 6.98. The first kappa shape index (κ1) is 19.1. The van der Waals surface area contributed by atoms with Crippen molar-refractivity contribution in [3.8, 4) is 11.3 Å². The van der Waals surface area contributed by atoms with E-state index in [0.29, 0.717) is 15.9 Å². The Morgan fingerprint density at radius 2 is 1.89 bits per heavy atom. The summed E-state index contributed by atoms with van der Waals surface area (Å²) in [5.74, 6) is -1.78. The lowest BCUT2D eigenvalue weighted by molar-refractivity contribution is -0.114. The van der Waals surface area contributed by atoms with Gasteiger partial charge < -0.3 is 5.32 Å². The molecule has 9 heteroatoms. The molecule has 138 valence electrons.